The van der Waals surface area contributed by atoms with E-state index >= 15 is 0 Å². The predicted molar refractivity (Wildman–Crippen MR) is 144 cm³/mol. The van der Waals surface area contributed by atoms with Crippen molar-refractivity contribution in [2.75, 3.05) is 6.54 Å². The van der Waals surface area contributed by atoms with Crippen LogP contribution in [-0.4, -0.2) is 34.9 Å². The van der Waals surface area contributed by atoms with Crippen LogP contribution in [0.1, 0.15) is 90.5 Å². The van der Waals surface area contributed by atoms with Crippen LogP contribution in [0.2, 0.25) is 0 Å². The van der Waals surface area contributed by atoms with Crippen molar-refractivity contribution in [3.8, 4) is 0 Å². The summed E-state index contributed by atoms with van der Waals surface area (Å²) in [5, 5.41) is 25.2. The molecule has 0 radical (unpaired) electrons. The number of fused-ring (bicyclic) bond motifs is 5. The molecule has 4 saturated carbocycles. The Morgan fingerprint density at radius 1 is 1.03 bits per heavy atom. The second-order valence-corrected chi connectivity index (χ2v) is 13.5. The van der Waals surface area contributed by atoms with E-state index in [4.69, 9.17) is 0 Å². The molecule has 0 aliphatic heterocycles. The second-order valence-electron chi connectivity index (χ2n) is 13.5. The highest BCUT2D eigenvalue weighted by atomic mass is 16.3. The quantitative estimate of drug-likeness (QED) is 0.451. The minimum Gasteiger partial charge on any atom is -0.393 e. The summed E-state index contributed by atoms with van der Waals surface area (Å²) in [6, 6.07) is 10.3. The number of amides is 1. The Hall–Kier alpha value is -1.39. The van der Waals surface area contributed by atoms with Crippen LogP contribution >= 0.6 is 0 Å². The molecule has 0 saturated heterocycles. The van der Waals surface area contributed by atoms with Gasteiger partial charge in [-0.1, -0.05) is 51.1 Å². The first-order valence-corrected chi connectivity index (χ1v) is 14.9. The van der Waals surface area contributed by atoms with Gasteiger partial charge in [-0.05, 0) is 116 Å². The number of benzene rings is 1. The standard InChI is InChI=1S/C32H49NO3/c1-21(9-14-30(36)33-18-16-22-7-5-4-6-8-22)26-12-13-27-25-11-10-23-19-24(34)15-17-31(23,2)28(25)20-29(35)32(26,27)3/h4-8,21,23-29,34-35H,9-20H2,1-3H3,(H,33,36). The van der Waals surface area contributed by atoms with E-state index in [1.165, 1.54) is 31.2 Å². The number of rotatable bonds is 7. The van der Waals surface area contributed by atoms with Gasteiger partial charge in [0, 0.05) is 13.0 Å². The van der Waals surface area contributed by atoms with Gasteiger partial charge in [-0.3, -0.25) is 4.79 Å². The summed E-state index contributed by atoms with van der Waals surface area (Å²) in [6.45, 7) is 7.90. The van der Waals surface area contributed by atoms with E-state index in [9.17, 15) is 15.0 Å². The molecule has 0 spiro atoms. The lowest BCUT2D eigenvalue weighted by Gasteiger charge is -2.62. The number of nitrogens with one attached hydrogen (secondary N) is 1. The maximum Gasteiger partial charge on any atom is 0.220 e. The summed E-state index contributed by atoms with van der Waals surface area (Å²) in [4.78, 5) is 12.6. The summed E-state index contributed by atoms with van der Waals surface area (Å²) >= 11 is 0. The number of hydrogen-bond acceptors (Lipinski definition) is 3. The van der Waals surface area contributed by atoms with Crippen LogP contribution in [0.25, 0.3) is 0 Å². The van der Waals surface area contributed by atoms with E-state index in [0.717, 1.165) is 38.5 Å². The minimum atomic E-state index is -0.249. The van der Waals surface area contributed by atoms with Crippen LogP contribution in [0, 0.1) is 46.3 Å². The number of carbonyl (C=O) groups excluding carboxylic acids is 1. The molecule has 200 valence electrons. The van der Waals surface area contributed by atoms with Gasteiger partial charge in [0.1, 0.15) is 0 Å². The van der Waals surface area contributed by atoms with Crippen molar-refractivity contribution in [1.29, 1.82) is 0 Å². The summed E-state index contributed by atoms with van der Waals surface area (Å²) in [5.74, 6) is 3.64. The second kappa shape index (κ2) is 10.4. The van der Waals surface area contributed by atoms with Crippen molar-refractivity contribution >= 4 is 5.91 Å². The van der Waals surface area contributed by atoms with Crippen LogP contribution in [0.5, 0.6) is 0 Å². The molecule has 4 heteroatoms. The molecule has 4 fully saturated rings. The van der Waals surface area contributed by atoms with E-state index in [1.54, 1.807) is 0 Å². The number of aliphatic hydroxyl groups excluding tert-OH is 2. The Bertz CT molecular complexity index is 904. The lowest BCUT2D eigenvalue weighted by Crippen LogP contribution is -2.58. The number of aliphatic hydroxyl groups is 2. The molecule has 0 bridgehead atoms. The lowest BCUT2D eigenvalue weighted by molar-refractivity contribution is -0.174. The first-order valence-electron chi connectivity index (χ1n) is 14.9. The summed E-state index contributed by atoms with van der Waals surface area (Å²) in [7, 11) is 0. The molecule has 4 nitrogen and oxygen atoms in total. The van der Waals surface area contributed by atoms with Gasteiger partial charge < -0.3 is 15.5 Å². The van der Waals surface area contributed by atoms with Gasteiger partial charge in [-0.2, -0.15) is 0 Å². The van der Waals surface area contributed by atoms with Gasteiger partial charge in [-0.25, -0.2) is 0 Å². The summed E-state index contributed by atoms with van der Waals surface area (Å²) in [5.41, 5.74) is 1.52. The number of hydrogen-bond donors (Lipinski definition) is 3. The Morgan fingerprint density at radius 2 is 1.81 bits per heavy atom. The zero-order valence-corrected chi connectivity index (χ0v) is 22.8. The molecule has 1 aromatic carbocycles. The Morgan fingerprint density at radius 3 is 2.58 bits per heavy atom. The van der Waals surface area contributed by atoms with Crippen LogP contribution in [0.15, 0.2) is 30.3 Å². The van der Waals surface area contributed by atoms with Crippen molar-refractivity contribution in [3.63, 3.8) is 0 Å². The van der Waals surface area contributed by atoms with E-state index in [2.05, 4.69) is 38.2 Å². The van der Waals surface area contributed by atoms with Crippen molar-refractivity contribution in [3.05, 3.63) is 35.9 Å². The summed E-state index contributed by atoms with van der Waals surface area (Å²) < 4.78 is 0. The SMILES string of the molecule is CC(CCC(=O)NCCc1ccccc1)C1CCC2C3CCC4CC(O)CCC4(C)C3CC(O)C12C. The normalized spacial score (nSPS) is 42.6. The van der Waals surface area contributed by atoms with E-state index in [1.807, 2.05) is 18.2 Å². The zero-order chi connectivity index (χ0) is 25.5. The van der Waals surface area contributed by atoms with E-state index < -0.39 is 0 Å². The van der Waals surface area contributed by atoms with Crippen LogP contribution in [0.4, 0.5) is 0 Å². The highest BCUT2D eigenvalue weighted by Crippen LogP contribution is 2.68. The van der Waals surface area contributed by atoms with Gasteiger partial charge in [0.2, 0.25) is 5.91 Å². The van der Waals surface area contributed by atoms with Gasteiger partial charge in [0.05, 0.1) is 12.2 Å². The van der Waals surface area contributed by atoms with E-state index in [-0.39, 0.29) is 28.9 Å². The van der Waals surface area contributed by atoms with Crippen LogP contribution in [0.3, 0.4) is 0 Å². The van der Waals surface area contributed by atoms with Gasteiger partial charge in [-0.15, -0.1) is 0 Å². The largest absolute Gasteiger partial charge is 0.393 e. The third-order valence-electron chi connectivity index (χ3n) is 11.9. The first-order chi connectivity index (χ1) is 17.2. The van der Waals surface area contributed by atoms with Crippen molar-refractivity contribution in [2.24, 2.45) is 46.3 Å². The summed E-state index contributed by atoms with van der Waals surface area (Å²) in [6.07, 6.45) is 10.9. The Labute approximate surface area is 218 Å². The lowest BCUT2D eigenvalue weighted by atomic mass is 9.43. The Balaban J connectivity index is 1.18. The van der Waals surface area contributed by atoms with Gasteiger partial charge in [0.25, 0.3) is 0 Å². The molecule has 3 N–H and O–H groups in total. The third-order valence-corrected chi connectivity index (χ3v) is 11.9. The molecule has 4 aliphatic rings. The zero-order valence-electron chi connectivity index (χ0n) is 22.8. The average molecular weight is 496 g/mol. The van der Waals surface area contributed by atoms with Crippen LogP contribution < -0.4 is 5.32 Å². The molecule has 36 heavy (non-hydrogen) atoms. The number of carbonyl (C=O) groups is 1. The van der Waals surface area contributed by atoms with Gasteiger partial charge in [0.15, 0.2) is 0 Å². The maximum absolute atomic E-state index is 12.6. The van der Waals surface area contributed by atoms with Crippen molar-refractivity contribution in [1.82, 2.24) is 5.32 Å². The maximum atomic E-state index is 12.6. The fourth-order valence-electron chi connectivity index (χ4n) is 9.80. The molecule has 10 atom stereocenters. The molecule has 4 aliphatic carbocycles. The minimum absolute atomic E-state index is 0.0260. The fourth-order valence-corrected chi connectivity index (χ4v) is 9.80. The smallest absolute Gasteiger partial charge is 0.220 e. The molecular weight excluding hydrogens is 446 g/mol. The van der Waals surface area contributed by atoms with Crippen molar-refractivity contribution in [2.45, 2.75) is 104 Å². The average Bonchev–Trinajstić information content (AvgIpc) is 3.23. The molecule has 0 heterocycles. The molecule has 0 aromatic heterocycles. The highest BCUT2D eigenvalue weighted by Gasteiger charge is 2.63. The Kier molecular flexibility index (Phi) is 7.58. The monoisotopic (exact) mass is 495 g/mol. The third kappa shape index (κ3) is 4.66. The molecular formula is C32H49NO3. The molecule has 5 rings (SSSR count). The predicted octanol–water partition coefficient (Wildman–Crippen LogP) is 5.75. The van der Waals surface area contributed by atoms with Crippen LogP contribution in [-0.2, 0) is 11.2 Å². The molecule has 10 unspecified atom stereocenters. The molecule has 1 amide bonds. The molecule has 1 aromatic rings. The first kappa shape index (κ1) is 26.2. The van der Waals surface area contributed by atoms with Gasteiger partial charge >= 0.3 is 0 Å². The van der Waals surface area contributed by atoms with E-state index in [0.29, 0.717) is 48.5 Å². The topological polar surface area (TPSA) is 69.6 Å². The highest BCUT2D eigenvalue weighted by molar-refractivity contribution is 5.75. The fraction of sp³-hybridized carbons (Fsp3) is 0.781. The van der Waals surface area contributed by atoms with Crippen molar-refractivity contribution < 1.29 is 15.0 Å².